The van der Waals surface area contributed by atoms with Crippen LogP contribution in [0.25, 0.3) is 11.3 Å². The van der Waals surface area contributed by atoms with E-state index in [9.17, 15) is 4.79 Å². The molecule has 0 saturated heterocycles. The molecule has 0 saturated carbocycles. The number of carbonyl (C=O) groups is 1. The van der Waals surface area contributed by atoms with Crippen molar-refractivity contribution in [2.45, 2.75) is 6.54 Å². The number of benzene rings is 2. The second-order valence-electron chi connectivity index (χ2n) is 5.91. The Balaban J connectivity index is 1.92. The third kappa shape index (κ3) is 3.39. The second kappa shape index (κ2) is 7.31. The Morgan fingerprint density at radius 1 is 1.04 bits per heavy atom. The molecule has 26 heavy (non-hydrogen) atoms. The third-order valence-electron chi connectivity index (χ3n) is 4.30. The van der Waals surface area contributed by atoms with Gasteiger partial charge in [-0.05, 0) is 24.3 Å². The van der Waals surface area contributed by atoms with Crippen molar-refractivity contribution in [1.82, 2.24) is 9.13 Å². The van der Waals surface area contributed by atoms with Crippen LogP contribution in [0.2, 0.25) is 0 Å². The highest BCUT2D eigenvalue weighted by Gasteiger charge is 2.13. The molecule has 0 unspecified atom stereocenters. The lowest BCUT2D eigenvalue weighted by atomic mass is 10.1. The number of hydrogen-bond acceptors (Lipinski definition) is 4. The minimum Gasteiger partial charge on any atom is -0.497 e. The molecule has 3 aromatic rings. The highest BCUT2D eigenvalue weighted by molar-refractivity contribution is 5.96. The summed E-state index contributed by atoms with van der Waals surface area (Å²) in [7, 11) is 4.99. The fraction of sp³-hybridized carbons (Fsp3) is 0.200. The van der Waals surface area contributed by atoms with Gasteiger partial charge in [-0.3, -0.25) is 10.2 Å². The Morgan fingerprint density at radius 3 is 2.38 bits per heavy atom. The lowest BCUT2D eigenvalue weighted by Gasteiger charge is -2.05. The molecular weight excluding hydrogens is 330 g/mol. The monoisotopic (exact) mass is 351 g/mol. The smallest absolute Gasteiger partial charge is 0.202 e. The van der Waals surface area contributed by atoms with Crippen LogP contribution in [0.1, 0.15) is 10.4 Å². The van der Waals surface area contributed by atoms with Crippen molar-refractivity contribution >= 4 is 5.78 Å². The van der Waals surface area contributed by atoms with Crippen LogP contribution in [-0.2, 0) is 13.6 Å². The topological polar surface area (TPSA) is 69.2 Å². The lowest BCUT2D eigenvalue weighted by Crippen LogP contribution is -2.25. The van der Waals surface area contributed by atoms with Crippen molar-refractivity contribution in [2.75, 3.05) is 14.2 Å². The summed E-state index contributed by atoms with van der Waals surface area (Å²) in [5, 5.41) is 8.32. The van der Waals surface area contributed by atoms with E-state index in [1.54, 1.807) is 47.6 Å². The molecule has 3 rings (SSSR count). The quantitative estimate of drug-likeness (QED) is 0.694. The van der Waals surface area contributed by atoms with E-state index in [0.717, 1.165) is 17.0 Å². The molecule has 0 aliphatic heterocycles. The number of rotatable bonds is 6. The first kappa shape index (κ1) is 17.5. The minimum absolute atomic E-state index is 0.0785. The van der Waals surface area contributed by atoms with Gasteiger partial charge in [0, 0.05) is 24.4 Å². The van der Waals surface area contributed by atoms with Crippen LogP contribution >= 0.6 is 0 Å². The molecule has 0 bridgehead atoms. The van der Waals surface area contributed by atoms with E-state index < -0.39 is 0 Å². The second-order valence-corrected chi connectivity index (χ2v) is 5.91. The maximum atomic E-state index is 12.6. The molecular formula is C20H21N3O3. The van der Waals surface area contributed by atoms with Crippen molar-refractivity contribution in [1.29, 1.82) is 5.41 Å². The summed E-state index contributed by atoms with van der Waals surface area (Å²) in [5.74, 6) is 1.30. The van der Waals surface area contributed by atoms with E-state index in [2.05, 4.69) is 0 Å². The highest BCUT2D eigenvalue weighted by Crippen LogP contribution is 2.23. The van der Waals surface area contributed by atoms with E-state index in [0.29, 0.717) is 11.3 Å². The molecule has 2 aromatic carbocycles. The van der Waals surface area contributed by atoms with Gasteiger partial charge >= 0.3 is 0 Å². The zero-order valence-corrected chi connectivity index (χ0v) is 15.0. The number of Topliss-reactive ketones (excluding diaryl/α,β-unsaturated/α-hetero) is 1. The number of nitrogens with zero attached hydrogens (tertiary/aromatic N) is 2. The molecule has 6 heteroatoms. The van der Waals surface area contributed by atoms with Crippen molar-refractivity contribution in [3.8, 4) is 22.8 Å². The normalized spacial score (nSPS) is 10.6. The van der Waals surface area contributed by atoms with Gasteiger partial charge in [-0.25, -0.2) is 0 Å². The van der Waals surface area contributed by atoms with E-state index in [1.165, 1.54) is 0 Å². The van der Waals surface area contributed by atoms with E-state index in [4.69, 9.17) is 14.9 Å². The average molecular weight is 351 g/mol. The van der Waals surface area contributed by atoms with Gasteiger partial charge < -0.3 is 18.6 Å². The molecule has 1 N–H and O–H groups in total. The van der Waals surface area contributed by atoms with Gasteiger partial charge in [-0.15, -0.1) is 0 Å². The van der Waals surface area contributed by atoms with Gasteiger partial charge in [-0.1, -0.05) is 24.3 Å². The highest BCUT2D eigenvalue weighted by atomic mass is 16.5. The number of ketones is 1. The predicted molar refractivity (Wildman–Crippen MR) is 98.6 cm³/mol. The summed E-state index contributed by atoms with van der Waals surface area (Å²) in [6.07, 6.45) is 1.81. The molecule has 0 amide bonds. The number of ether oxygens (including phenoxy) is 2. The largest absolute Gasteiger partial charge is 0.497 e. The summed E-state index contributed by atoms with van der Waals surface area (Å²) < 4.78 is 13.8. The zero-order valence-electron chi connectivity index (χ0n) is 15.0. The van der Waals surface area contributed by atoms with Crippen LogP contribution < -0.4 is 15.1 Å². The summed E-state index contributed by atoms with van der Waals surface area (Å²) >= 11 is 0. The van der Waals surface area contributed by atoms with Crippen LogP contribution in [0.5, 0.6) is 11.5 Å². The van der Waals surface area contributed by atoms with Gasteiger partial charge in [0.25, 0.3) is 0 Å². The fourth-order valence-corrected chi connectivity index (χ4v) is 2.82. The van der Waals surface area contributed by atoms with E-state index in [1.807, 2.05) is 37.5 Å². The van der Waals surface area contributed by atoms with Crippen molar-refractivity contribution in [2.24, 2.45) is 7.05 Å². The molecule has 0 atom stereocenters. The van der Waals surface area contributed by atoms with Gasteiger partial charge in [0.1, 0.15) is 11.5 Å². The van der Waals surface area contributed by atoms with Crippen LogP contribution in [0.3, 0.4) is 0 Å². The number of methoxy groups -OCH3 is 2. The van der Waals surface area contributed by atoms with E-state index in [-0.39, 0.29) is 17.9 Å². The van der Waals surface area contributed by atoms with Crippen LogP contribution in [-0.4, -0.2) is 29.1 Å². The minimum atomic E-state index is -0.0785. The maximum Gasteiger partial charge on any atom is 0.202 e. The summed E-state index contributed by atoms with van der Waals surface area (Å²) in [4.78, 5) is 12.6. The molecule has 0 fully saturated rings. The first-order valence-corrected chi connectivity index (χ1v) is 8.16. The van der Waals surface area contributed by atoms with Crippen molar-refractivity contribution in [3.05, 3.63) is 65.9 Å². The first-order valence-electron chi connectivity index (χ1n) is 8.16. The SMILES string of the molecule is COc1cccc(C(=O)Cn2cc(-c3cccc(OC)c3)n(C)c2=N)c1. The Kier molecular flexibility index (Phi) is 4.93. The van der Waals surface area contributed by atoms with Crippen LogP contribution in [0.4, 0.5) is 0 Å². The average Bonchev–Trinajstić information content (AvgIpc) is 2.96. The fourth-order valence-electron chi connectivity index (χ4n) is 2.82. The Morgan fingerprint density at radius 2 is 1.69 bits per heavy atom. The van der Waals surface area contributed by atoms with Gasteiger partial charge in [0.05, 0.1) is 26.5 Å². The standard InChI is InChI=1S/C20H21N3O3/c1-22-18(14-6-4-8-16(10-14)25-2)12-23(20(22)21)13-19(24)15-7-5-9-17(11-15)26-3/h4-12,21H,13H2,1-3H3. The molecule has 6 nitrogen and oxygen atoms in total. The van der Waals surface area contributed by atoms with Crippen molar-refractivity contribution < 1.29 is 14.3 Å². The summed E-state index contributed by atoms with van der Waals surface area (Å²) in [5.41, 5.74) is 2.57. The van der Waals surface area contributed by atoms with Gasteiger partial charge in [0.2, 0.25) is 5.62 Å². The lowest BCUT2D eigenvalue weighted by molar-refractivity contribution is 0.0970. The summed E-state index contributed by atoms with van der Waals surface area (Å²) in [6.45, 7) is 0.0871. The van der Waals surface area contributed by atoms with Crippen LogP contribution in [0, 0.1) is 5.41 Å². The predicted octanol–water partition coefficient (Wildman–Crippen LogP) is 2.87. The Hall–Kier alpha value is -3.28. The number of imidazole rings is 1. The molecule has 0 radical (unpaired) electrons. The molecule has 0 aliphatic rings. The Bertz CT molecular complexity index is 1000. The summed E-state index contributed by atoms with van der Waals surface area (Å²) in [6, 6.07) is 14.7. The first-order chi connectivity index (χ1) is 12.5. The number of hydrogen-bond donors (Lipinski definition) is 1. The number of carbonyl (C=O) groups excluding carboxylic acids is 1. The van der Waals surface area contributed by atoms with Gasteiger partial charge in [0.15, 0.2) is 5.78 Å². The third-order valence-corrected chi connectivity index (χ3v) is 4.30. The molecule has 1 heterocycles. The van der Waals surface area contributed by atoms with Crippen LogP contribution in [0.15, 0.2) is 54.7 Å². The van der Waals surface area contributed by atoms with Gasteiger partial charge in [-0.2, -0.15) is 0 Å². The maximum absolute atomic E-state index is 12.6. The zero-order chi connectivity index (χ0) is 18.7. The Labute approximate surface area is 151 Å². The van der Waals surface area contributed by atoms with E-state index >= 15 is 0 Å². The van der Waals surface area contributed by atoms with Crippen molar-refractivity contribution in [3.63, 3.8) is 0 Å². The molecule has 134 valence electrons. The molecule has 0 spiro atoms. The molecule has 1 aromatic heterocycles. The number of aromatic nitrogens is 2. The number of nitrogens with one attached hydrogen (secondary N) is 1. The molecule has 0 aliphatic carbocycles.